The van der Waals surface area contributed by atoms with Crippen LogP contribution in [-0.2, 0) is 21.2 Å². The Morgan fingerprint density at radius 2 is 1.68 bits per heavy atom. The maximum Gasteiger partial charge on any atom is 0.337 e. The van der Waals surface area contributed by atoms with Gasteiger partial charge in [0.2, 0.25) is 10.0 Å². The molecule has 0 saturated carbocycles. The summed E-state index contributed by atoms with van der Waals surface area (Å²) < 4.78 is 36.7. The zero-order valence-electron chi connectivity index (χ0n) is 14.2. The molecule has 0 heterocycles. The molecule has 0 atom stereocenters. The van der Waals surface area contributed by atoms with Crippen LogP contribution in [0.15, 0.2) is 48.5 Å². The summed E-state index contributed by atoms with van der Waals surface area (Å²) in [5.41, 5.74) is 1.92. The van der Waals surface area contributed by atoms with Gasteiger partial charge in [-0.3, -0.25) is 4.72 Å². The molecule has 7 heteroatoms. The van der Waals surface area contributed by atoms with Gasteiger partial charge in [0.15, 0.2) is 0 Å². The largest absolute Gasteiger partial charge is 0.492 e. The SMILES string of the molecule is CCc1ccc(OCCS(=O)(=O)Nc2ccc(C(=O)OC)cc2)cc1. The van der Waals surface area contributed by atoms with Crippen LogP contribution >= 0.6 is 0 Å². The number of sulfonamides is 1. The highest BCUT2D eigenvalue weighted by molar-refractivity contribution is 7.92. The topological polar surface area (TPSA) is 81.7 Å². The van der Waals surface area contributed by atoms with Crippen molar-refractivity contribution < 1.29 is 22.7 Å². The lowest BCUT2D eigenvalue weighted by Gasteiger charge is -2.10. The number of benzene rings is 2. The van der Waals surface area contributed by atoms with Gasteiger partial charge < -0.3 is 9.47 Å². The number of ether oxygens (including phenoxy) is 2. The van der Waals surface area contributed by atoms with Crippen molar-refractivity contribution in [2.24, 2.45) is 0 Å². The number of esters is 1. The predicted octanol–water partition coefficient (Wildman–Crippen LogP) is 2.86. The fraction of sp³-hybridized carbons (Fsp3) is 0.278. The summed E-state index contributed by atoms with van der Waals surface area (Å²) in [6, 6.07) is 13.6. The van der Waals surface area contributed by atoms with Crippen molar-refractivity contribution >= 4 is 21.7 Å². The highest BCUT2D eigenvalue weighted by Crippen LogP contribution is 2.14. The maximum absolute atomic E-state index is 12.1. The molecule has 0 aliphatic rings. The molecular formula is C18H21NO5S. The number of methoxy groups -OCH3 is 1. The third-order valence-corrected chi connectivity index (χ3v) is 4.78. The fourth-order valence-corrected chi connectivity index (χ4v) is 3.01. The normalized spacial score (nSPS) is 11.0. The number of rotatable bonds is 8. The first-order valence-corrected chi connectivity index (χ1v) is 9.49. The van der Waals surface area contributed by atoms with Gasteiger partial charge in [0.25, 0.3) is 0 Å². The molecule has 0 fully saturated rings. The first-order chi connectivity index (χ1) is 11.9. The average molecular weight is 363 g/mol. The molecule has 2 aromatic carbocycles. The van der Waals surface area contributed by atoms with E-state index < -0.39 is 16.0 Å². The molecular weight excluding hydrogens is 342 g/mol. The second-order valence-corrected chi connectivity index (χ2v) is 7.18. The predicted molar refractivity (Wildman–Crippen MR) is 96.5 cm³/mol. The first kappa shape index (κ1) is 18.8. The molecule has 0 bridgehead atoms. The molecule has 0 aliphatic carbocycles. The van der Waals surface area contributed by atoms with E-state index in [0.29, 0.717) is 17.0 Å². The minimum atomic E-state index is -3.55. The molecule has 0 aliphatic heterocycles. The molecule has 0 radical (unpaired) electrons. The van der Waals surface area contributed by atoms with Gasteiger partial charge >= 0.3 is 5.97 Å². The first-order valence-electron chi connectivity index (χ1n) is 7.84. The molecule has 2 aromatic rings. The Balaban J connectivity index is 1.87. The van der Waals surface area contributed by atoms with Crippen LogP contribution < -0.4 is 9.46 Å². The maximum atomic E-state index is 12.1. The summed E-state index contributed by atoms with van der Waals surface area (Å²) >= 11 is 0. The van der Waals surface area contributed by atoms with Gasteiger partial charge in [-0.2, -0.15) is 0 Å². The minimum absolute atomic E-state index is 0.0427. The zero-order chi connectivity index (χ0) is 18.3. The van der Waals surface area contributed by atoms with E-state index in [1.807, 2.05) is 24.3 Å². The van der Waals surface area contributed by atoms with Crippen molar-refractivity contribution in [3.8, 4) is 5.75 Å². The Morgan fingerprint density at radius 3 is 2.24 bits per heavy atom. The minimum Gasteiger partial charge on any atom is -0.492 e. The van der Waals surface area contributed by atoms with Crippen LogP contribution in [0.25, 0.3) is 0 Å². The smallest absolute Gasteiger partial charge is 0.337 e. The Hall–Kier alpha value is -2.54. The standard InChI is InChI=1S/C18H21NO5S/c1-3-14-4-10-17(11-5-14)24-12-13-25(21,22)19-16-8-6-15(7-9-16)18(20)23-2/h4-11,19H,3,12-13H2,1-2H3. The van der Waals surface area contributed by atoms with Crippen molar-refractivity contribution in [2.45, 2.75) is 13.3 Å². The highest BCUT2D eigenvalue weighted by atomic mass is 32.2. The monoisotopic (exact) mass is 363 g/mol. The summed E-state index contributed by atoms with van der Waals surface area (Å²) in [6.45, 7) is 2.10. The molecule has 134 valence electrons. The number of aryl methyl sites for hydroxylation is 1. The second-order valence-electron chi connectivity index (χ2n) is 5.34. The van der Waals surface area contributed by atoms with Gasteiger partial charge in [-0.05, 0) is 48.4 Å². The summed E-state index contributed by atoms with van der Waals surface area (Å²) in [5.74, 6) is -0.0203. The Labute approximate surface area is 147 Å². The number of carbonyl (C=O) groups excluding carboxylic acids is 1. The van der Waals surface area contributed by atoms with Crippen molar-refractivity contribution in [1.82, 2.24) is 0 Å². The third-order valence-electron chi connectivity index (χ3n) is 3.53. The van der Waals surface area contributed by atoms with Gasteiger partial charge in [-0.25, -0.2) is 13.2 Å². The van der Waals surface area contributed by atoms with E-state index in [0.717, 1.165) is 6.42 Å². The molecule has 1 N–H and O–H groups in total. The van der Waals surface area contributed by atoms with Crippen molar-refractivity contribution in [2.75, 3.05) is 24.2 Å². The van der Waals surface area contributed by atoms with Crippen LogP contribution in [0.1, 0.15) is 22.8 Å². The van der Waals surface area contributed by atoms with E-state index >= 15 is 0 Å². The Kier molecular flexibility index (Phi) is 6.41. The summed E-state index contributed by atoms with van der Waals surface area (Å²) in [4.78, 5) is 11.3. The van der Waals surface area contributed by atoms with Crippen LogP contribution in [0.4, 0.5) is 5.69 Å². The number of hydrogen-bond donors (Lipinski definition) is 1. The van der Waals surface area contributed by atoms with E-state index in [2.05, 4.69) is 16.4 Å². The van der Waals surface area contributed by atoms with Crippen LogP contribution in [-0.4, -0.2) is 33.9 Å². The van der Waals surface area contributed by atoms with Crippen molar-refractivity contribution in [1.29, 1.82) is 0 Å². The lowest BCUT2D eigenvalue weighted by molar-refractivity contribution is 0.0601. The molecule has 0 amide bonds. The lowest BCUT2D eigenvalue weighted by Crippen LogP contribution is -2.21. The van der Waals surface area contributed by atoms with Crippen molar-refractivity contribution in [3.05, 3.63) is 59.7 Å². The van der Waals surface area contributed by atoms with E-state index in [1.165, 1.54) is 36.9 Å². The van der Waals surface area contributed by atoms with Crippen molar-refractivity contribution in [3.63, 3.8) is 0 Å². The molecule has 6 nitrogen and oxygen atoms in total. The zero-order valence-corrected chi connectivity index (χ0v) is 15.0. The van der Waals surface area contributed by atoms with Crippen LogP contribution in [0.5, 0.6) is 5.75 Å². The van der Waals surface area contributed by atoms with Gasteiger partial charge in [0.1, 0.15) is 18.1 Å². The number of anilines is 1. The van der Waals surface area contributed by atoms with E-state index in [4.69, 9.17) is 4.74 Å². The van der Waals surface area contributed by atoms with Gasteiger partial charge in [-0.1, -0.05) is 19.1 Å². The van der Waals surface area contributed by atoms with Gasteiger partial charge in [0, 0.05) is 5.69 Å². The lowest BCUT2D eigenvalue weighted by atomic mass is 10.2. The van der Waals surface area contributed by atoms with Gasteiger partial charge in [-0.15, -0.1) is 0 Å². The highest BCUT2D eigenvalue weighted by Gasteiger charge is 2.12. The molecule has 0 aromatic heterocycles. The van der Waals surface area contributed by atoms with Crippen LogP contribution in [0.3, 0.4) is 0 Å². The molecule has 0 saturated heterocycles. The Bertz CT molecular complexity index is 798. The molecule has 2 rings (SSSR count). The van der Waals surface area contributed by atoms with E-state index in [-0.39, 0.29) is 12.4 Å². The number of carbonyl (C=O) groups is 1. The number of hydrogen-bond acceptors (Lipinski definition) is 5. The Morgan fingerprint density at radius 1 is 1.04 bits per heavy atom. The number of nitrogens with one attached hydrogen (secondary N) is 1. The average Bonchev–Trinajstić information content (AvgIpc) is 2.62. The van der Waals surface area contributed by atoms with E-state index in [1.54, 1.807) is 0 Å². The third kappa shape index (κ3) is 5.79. The quantitative estimate of drug-likeness (QED) is 0.729. The summed E-state index contributed by atoms with van der Waals surface area (Å²) in [6.07, 6.45) is 0.938. The summed E-state index contributed by atoms with van der Waals surface area (Å²) in [7, 11) is -2.26. The molecule has 0 unspecified atom stereocenters. The summed E-state index contributed by atoms with van der Waals surface area (Å²) in [5, 5.41) is 0. The van der Waals surface area contributed by atoms with Crippen LogP contribution in [0.2, 0.25) is 0 Å². The van der Waals surface area contributed by atoms with E-state index in [9.17, 15) is 13.2 Å². The molecule has 25 heavy (non-hydrogen) atoms. The van der Waals surface area contributed by atoms with Gasteiger partial charge in [0.05, 0.1) is 12.7 Å². The van der Waals surface area contributed by atoms with Crippen LogP contribution in [0, 0.1) is 0 Å². The fourth-order valence-electron chi connectivity index (χ4n) is 2.11. The molecule has 0 spiro atoms. The second kappa shape index (κ2) is 8.53.